The molecule has 0 amide bonds. The van der Waals surface area contributed by atoms with Crippen molar-refractivity contribution < 1.29 is 9.47 Å². The molecule has 0 saturated heterocycles. The van der Waals surface area contributed by atoms with Crippen molar-refractivity contribution in [2.45, 2.75) is 6.54 Å². The maximum absolute atomic E-state index is 5.96. The van der Waals surface area contributed by atoms with Crippen LogP contribution in [0.25, 0.3) is 11.4 Å². The van der Waals surface area contributed by atoms with Crippen molar-refractivity contribution in [3.8, 4) is 22.9 Å². The Morgan fingerprint density at radius 2 is 1.83 bits per heavy atom. The monoisotopic (exact) mass is 311 g/mol. The van der Waals surface area contributed by atoms with Crippen molar-refractivity contribution in [1.82, 2.24) is 20.2 Å². The van der Waals surface area contributed by atoms with E-state index < -0.39 is 0 Å². The van der Waals surface area contributed by atoms with Gasteiger partial charge < -0.3 is 15.2 Å². The van der Waals surface area contributed by atoms with Crippen molar-refractivity contribution in [3.63, 3.8) is 0 Å². The highest BCUT2D eigenvalue weighted by Crippen LogP contribution is 2.27. The molecule has 0 aliphatic rings. The minimum atomic E-state index is 0.545. The highest BCUT2D eigenvalue weighted by molar-refractivity contribution is 5.66. The fraction of sp³-hybridized carbons (Fsp3) is 0.188. The topological polar surface area (TPSA) is 88.1 Å². The van der Waals surface area contributed by atoms with Gasteiger partial charge in [-0.15, -0.1) is 5.10 Å². The first-order valence-electron chi connectivity index (χ1n) is 7.04. The number of benzene rings is 2. The Morgan fingerprint density at radius 1 is 1.04 bits per heavy atom. The van der Waals surface area contributed by atoms with E-state index in [2.05, 4.69) is 15.5 Å². The van der Waals surface area contributed by atoms with Gasteiger partial charge in [0.25, 0.3) is 0 Å². The number of aromatic nitrogens is 4. The molecule has 1 aromatic heterocycles. The first-order chi connectivity index (χ1) is 11.2. The van der Waals surface area contributed by atoms with Gasteiger partial charge in [0.2, 0.25) is 0 Å². The summed E-state index contributed by atoms with van der Waals surface area (Å²) in [6, 6.07) is 13.3. The number of anilines is 1. The van der Waals surface area contributed by atoms with E-state index in [0.29, 0.717) is 23.8 Å². The number of nitrogen functional groups attached to an aromatic ring is 1. The van der Waals surface area contributed by atoms with Gasteiger partial charge in [-0.25, -0.2) is 4.68 Å². The predicted octanol–water partition coefficient (Wildman–Crippen LogP) is 1.99. The van der Waals surface area contributed by atoms with E-state index in [9.17, 15) is 0 Å². The molecule has 0 radical (unpaired) electrons. The van der Waals surface area contributed by atoms with Crippen LogP contribution in [0.5, 0.6) is 11.5 Å². The van der Waals surface area contributed by atoms with Gasteiger partial charge in [0.05, 0.1) is 26.5 Å². The molecule has 0 unspecified atom stereocenters. The molecule has 0 spiro atoms. The molecule has 0 aliphatic heterocycles. The third-order valence-electron chi connectivity index (χ3n) is 3.51. The van der Waals surface area contributed by atoms with Gasteiger partial charge in [0.1, 0.15) is 11.5 Å². The van der Waals surface area contributed by atoms with Gasteiger partial charge in [-0.3, -0.25) is 0 Å². The quantitative estimate of drug-likeness (QED) is 0.725. The molecule has 0 bridgehead atoms. The summed E-state index contributed by atoms with van der Waals surface area (Å²) in [6.07, 6.45) is 0. The summed E-state index contributed by atoms with van der Waals surface area (Å²) in [7, 11) is 3.22. The average molecular weight is 311 g/mol. The Morgan fingerprint density at radius 3 is 2.48 bits per heavy atom. The van der Waals surface area contributed by atoms with Gasteiger partial charge in [-0.05, 0) is 46.3 Å². The minimum absolute atomic E-state index is 0.545. The zero-order valence-corrected chi connectivity index (χ0v) is 12.9. The lowest BCUT2D eigenvalue weighted by atomic mass is 10.1. The van der Waals surface area contributed by atoms with E-state index >= 15 is 0 Å². The summed E-state index contributed by atoms with van der Waals surface area (Å²) in [6.45, 7) is 0.554. The fourth-order valence-corrected chi connectivity index (χ4v) is 2.30. The molecular weight excluding hydrogens is 294 g/mol. The van der Waals surface area contributed by atoms with Gasteiger partial charge in [0.15, 0.2) is 5.82 Å². The molecule has 0 saturated carbocycles. The van der Waals surface area contributed by atoms with E-state index in [1.807, 2.05) is 30.3 Å². The molecule has 7 nitrogen and oxygen atoms in total. The van der Waals surface area contributed by atoms with Crippen LogP contribution in [0, 0.1) is 0 Å². The Hall–Kier alpha value is -3.09. The van der Waals surface area contributed by atoms with Crippen LogP contribution in [-0.4, -0.2) is 34.4 Å². The Kier molecular flexibility index (Phi) is 4.09. The second-order valence-corrected chi connectivity index (χ2v) is 4.96. The summed E-state index contributed by atoms with van der Waals surface area (Å²) in [4.78, 5) is 0. The molecule has 7 heteroatoms. The van der Waals surface area contributed by atoms with Crippen LogP contribution in [-0.2, 0) is 6.54 Å². The molecular formula is C16H17N5O2. The third kappa shape index (κ3) is 3.08. The SMILES string of the molecule is COc1ccc(Cn2nnnc2-c2ccc(OC)c(N)c2)cc1. The smallest absolute Gasteiger partial charge is 0.182 e. The lowest BCUT2D eigenvalue weighted by Gasteiger charge is -2.08. The molecule has 2 N–H and O–H groups in total. The van der Waals surface area contributed by atoms with Crippen molar-refractivity contribution in [3.05, 3.63) is 48.0 Å². The molecule has 3 rings (SSSR count). The van der Waals surface area contributed by atoms with Gasteiger partial charge in [-0.2, -0.15) is 0 Å². The second kappa shape index (κ2) is 6.35. The van der Waals surface area contributed by atoms with Crippen molar-refractivity contribution in [1.29, 1.82) is 0 Å². The molecule has 118 valence electrons. The van der Waals surface area contributed by atoms with Gasteiger partial charge >= 0.3 is 0 Å². The van der Waals surface area contributed by atoms with E-state index in [1.54, 1.807) is 31.0 Å². The summed E-state index contributed by atoms with van der Waals surface area (Å²) >= 11 is 0. The number of nitrogens with two attached hydrogens (primary N) is 1. The highest BCUT2D eigenvalue weighted by Gasteiger charge is 2.11. The molecule has 23 heavy (non-hydrogen) atoms. The van der Waals surface area contributed by atoms with Gasteiger partial charge in [0, 0.05) is 5.56 Å². The van der Waals surface area contributed by atoms with E-state index in [4.69, 9.17) is 15.2 Å². The van der Waals surface area contributed by atoms with E-state index in [1.165, 1.54) is 0 Å². The maximum atomic E-state index is 5.96. The van der Waals surface area contributed by atoms with Gasteiger partial charge in [-0.1, -0.05) is 12.1 Å². The molecule has 0 atom stereocenters. The van der Waals surface area contributed by atoms with Crippen LogP contribution >= 0.6 is 0 Å². The number of tetrazole rings is 1. The van der Waals surface area contributed by atoms with Crippen molar-refractivity contribution in [2.24, 2.45) is 0 Å². The summed E-state index contributed by atoms with van der Waals surface area (Å²) in [5.74, 6) is 2.09. The molecule has 3 aromatic rings. The summed E-state index contributed by atoms with van der Waals surface area (Å²) < 4.78 is 12.1. The predicted molar refractivity (Wildman–Crippen MR) is 86.3 cm³/mol. The first kappa shape index (κ1) is 14.8. The zero-order chi connectivity index (χ0) is 16.2. The molecule has 0 fully saturated rings. The summed E-state index contributed by atoms with van der Waals surface area (Å²) in [5, 5.41) is 11.9. The van der Waals surface area contributed by atoms with Crippen molar-refractivity contribution in [2.75, 3.05) is 20.0 Å². The third-order valence-corrected chi connectivity index (χ3v) is 3.51. The van der Waals surface area contributed by atoms with Crippen LogP contribution in [0.4, 0.5) is 5.69 Å². The summed E-state index contributed by atoms with van der Waals surface area (Å²) in [5.41, 5.74) is 8.41. The largest absolute Gasteiger partial charge is 0.497 e. The standard InChI is InChI=1S/C16H17N5O2/c1-22-13-6-3-11(4-7-13)10-21-16(18-19-20-21)12-5-8-15(23-2)14(17)9-12/h3-9H,10,17H2,1-2H3. The highest BCUT2D eigenvalue weighted by atomic mass is 16.5. The zero-order valence-electron chi connectivity index (χ0n) is 12.9. The van der Waals surface area contributed by atoms with Crippen LogP contribution in [0.3, 0.4) is 0 Å². The number of hydrogen-bond donors (Lipinski definition) is 1. The molecule has 0 aliphatic carbocycles. The molecule has 2 aromatic carbocycles. The lowest BCUT2D eigenvalue weighted by Crippen LogP contribution is -2.05. The van der Waals surface area contributed by atoms with E-state index in [0.717, 1.165) is 16.9 Å². The fourth-order valence-electron chi connectivity index (χ4n) is 2.30. The van der Waals surface area contributed by atoms with Crippen LogP contribution < -0.4 is 15.2 Å². The number of rotatable bonds is 5. The van der Waals surface area contributed by atoms with Crippen molar-refractivity contribution >= 4 is 5.69 Å². The Balaban J connectivity index is 1.88. The Bertz CT molecular complexity index is 798. The number of methoxy groups -OCH3 is 2. The lowest BCUT2D eigenvalue weighted by molar-refractivity contribution is 0.414. The van der Waals surface area contributed by atoms with E-state index in [-0.39, 0.29) is 0 Å². The van der Waals surface area contributed by atoms with Crippen LogP contribution in [0.2, 0.25) is 0 Å². The normalized spacial score (nSPS) is 10.5. The number of hydrogen-bond acceptors (Lipinski definition) is 6. The average Bonchev–Trinajstić information content (AvgIpc) is 3.03. The minimum Gasteiger partial charge on any atom is -0.497 e. The van der Waals surface area contributed by atoms with Crippen LogP contribution in [0.1, 0.15) is 5.56 Å². The number of nitrogens with zero attached hydrogens (tertiary/aromatic N) is 4. The second-order valence-electron chi connectivity index (χ2n) is 4.96. The number of ether oxygens (including phenoxy) is 2. The maximum Gasteiger partial charge on any atom is 0.182 e. The Labute approximate surface area is 133 Å². The first-order valence-corrected chi connectivity index (χ1v) is 7.04. The van der Waals surface area contributed by atoms with Crippen LogP contribution in [0.15, 0.2) is 42.5 Å². The molecule has 1 heterocycles.